The smallest absolute Gasteiger partial charge is 0.233 e. The Kier molecular flexibility index (Phi) is 5.98. The third-order valence-electron chi connectivity index (χ3n) is 2.35. The van der Waals surface area contributed by atoms with Crippen molar-refractivity contribution in [3.8, 4) is 0 Å². The van der Waals surface area contributed by atoms with E-state index in [1.165, 1.54) is 24.5 Å². The van der Waals surface area contributed by atoms with Gasteiger partial charge in [-0.05, 0) is 31.7 Å². The fourth-order valence-electron chi connectivity index (χ4n) is 1.56. The molecule has 1 aliphatic rings. The quantitative estimate of drug-likeness (QED) is 0.401. The van der Waals surface area contributed by atoms with Crippen molar-refractivity contribution in [2.45, 2.75) is 19.3 Å². The molecule has 0 spiro atoms. The molecule has 1 saturated heterocycles. The molecular formula is C9H19N3OS. The molecular weight excluding hydrogens is 198 g/mol. The summed E-state index contributed by atoms with van der Waals surface area (Å²) >= 11 is 2.02. The van der Waals surface area contributed by atoms with Gasteiger partial charge in [0.1, 0.15) is 0 Å². The maximum Gasteiger partial charge on any atom is 0.233 e. The Bertz CT molecular complexity index is 169. The zero-order valence-electron chi connectivity index (χ0n) is 8.50. The Hall–Kier alpha value is -0.260. The van der Waals surface area contributed by atoms with Crippen molar-refractivity contribution >= 4 is 17.7 Å². The summed E-state index contributed by atoms with van der Waals surface area (Å²) in [6.07, 6.45) is 2.72. The summed E-state index contributed by atoms with van der Waals surface area (Å²) in [4.78, 5) is 13.3. The number of carbonyl (C=O) groups excluding carboxylic acids is 1. The molecule has 0 bridgehead atoms. The van der Waals surface area contributed by atoms with E-state index in [1.807, 2.05) is 11.8 Å². The summed E-state index contributed by atoms with van der Waals surface area (Å²) in [6.45, 7) is 3.36. The summed E-state index contributed by atoms with van der Waals surface area (Å²) in [7, 11) is 0. The lowest BCUT2D eigenvalue weighted by molar-refractivity contribution is -0.121. The molecule has 0 saturated carbocycles. The highest BCUT2D eigenvalue weighted by Crippen LogP contribution is 2.10. The second-order valence-electron chi connectivity index (χ2n) is 3.48. The lowest BCUT2D eigenvalue weighted by atomic mass is 10.2. The number of hydrogen-bond acceptors (Lipinski definition) is 4. The average Bonchev–Trinajstić information content (AvgIpc) is 2.46. The van der Waals surface area contributed by atoms with E-state index >= 15 is 0 Å². The lowest BCUT2D eigenvalue weighted by Crippen LogP contribution is -2.32. The Morgan fingerprint density at radius 2 is 2.29 bits per heavy atom. The molecule has 82 valence electrons. The zero-order valence-corrected chi connectivity index (χ0v) is 9.31. The van der Waals surface area contributed by atoms with Gasteiger partial charge in [-0.25, -0.2) is 5.84 Å². The van der Waals surface area contributed by atoms with Crippen molar-refractivity contribution in [1.82, 2.24) is 10.3 Å². The van der Waals surface area contributed by atoms with Crippen LogP contribution in [0.5, 0.6) is 0 Å². The normalized spacial score (nSPS) is 18.9. The minimum atomic E-state index is -0.0609. The summed E-state index contributed by atoms with van der Waals surface area (Å²) in [6, 6.07) is 0. The van der Waals surface area contributed by atoms with Crippen LogP contribution in [0.1, 0.15) is 19.3 Å². The first-order valence-corrected chi connectivity index (χ1v) is 6.28. The van der Waals surface area contributed by atoms with Gasteiger partial charge < -0.3 is 4.90 Å². The fraction of sp³-hybridized carbons (Fsp3) is 0.889. The maximum absolute atomic E-state index is 10.9. The zero-order chi connectivity index (χ0) is 10.2. The Labute approximate surface area is 89.6 Å². The van der Waals surface area contributed by atoms with E-state index in [1.54, 1.807) is 0 Å². The highest BCUT2D eigenvalue weighted by atomic mass is 32.2. The first kappa shape index (κ1) is 11.8. The summed E-state index contributed by atoms with van der Waals surface area (Å²) in [5.41, 5.74) is 2.15. The molecule has 1 heterocycles. The number of rotatable bonds is 4. The van der Waals surface area contributed by atoms with Crippen LogP contribution in [-0.4, -0.2) is 41.9 Å². The van der Waals surface area contributed by atoms with Gasteiger partial charge >= 0.3 is 0 Å². The number of hydrazine groups is 1. The first-order valence-electron chi connectivity index (χ1n) is 5.12. The van der Waals surface area contributed by atoms with E-state index in [0.717, 1.165) is 19.5 Å². The number of nitrogens with two attached hydrogens (primary N) is 1. The molecule has 0 aromatic heterocycles. The molecule has 4 nitrogen and oxygen atoms in total. The van der Waals surface area contributed by atoms with E-state index in [9.17, 15) is 4.79 Å². The van der Waals surface area contributed by atoms with Crippen molar-refractivity contribution in [3.63, 3.8) is 0 Å². The predicted molar refractivity (Wildman–Crippen MR) is 59.9 cm³/mol. The van der Waals surface area contributed by atoms with Gasteiger partial charge in [0.2, 0.25) is 5.91 Å². The molecule has 0 aromatic carbocycles. The predicted octanol–water partition coefficient (Wildman–Crippen LogP) is 0.195. The van der Waals surface area contributed by atoms with Gasteiger partial charge in [-0.1, -0.05) is 0 Å². The molecule has 1 amide bonds. The molecule has 0 atom stereocenters. The standard InChI is InChI=1S/C9H19N3OS/c10-11-9(13)3-1-4-12-5-2-7-14-8-6-12/h1-8,10H2,(H,11,13). The number of carbonyl (C=O) groups is 1. The first-order chi connectivity index (χ1) is 6.83. The van der Waals surface area contributed by atoms with Crippen molar-refractivity contribution in [2.24, 2.45) is 5.84 Å². The minimum Gasteiger partial charge on any atom is -0.302 e. The summed E-state index contributed by atoms with van der Waals surface area (Å²) < 4.78 is 0. The van der Waals surface area contributed by atoms with Crippen molar-refractivity contribution < 1.29 is 4.79 Å². The number of nitrogens with one attached hydrogen (secondary N) is 1. The molecule has 14 heavy (non-hydrogen) atoms. The van der Waals surface area contributed by atoms with Crippen LogP contribution >= 0.6 is 11.8 Å². The second kappa shape index (κ2) is 7.09. The van der Waals surface area contributed by atoms with E-state index in [-0.39, 0.29) is 5.91 Å². The number of thioether (sulfide) groups is 1. The lowest BCUT2D eigenvalue weighted by Gasteiger charge is -2.18. The molecule has 0 aliphatic carbocycles. The van der Waals surface area contributed by atoms with Crippen LogP contribution in [0.15, 0.2) is 0 Å². The van der Waals surface area contributed by atoms with Gasteiger partial charge in [-0.3, -0.25) is 10.2 Å². The van der Waals surface area contributed by atoms with Gasteiger partial charge in [-0.15, -0.1) is 0 Å². The van der Waals surface area contributed by atoms with Gasteiger partial charge in [-0.2, -0.15) is 11.8 Å². The third kappa shape index (κ3) is 4.83. The topological polar surface area (TPSA) is 58.4 Å². The second-order valence-corrected chi connectivity index (χ2v) is 4.70. The van der Waals surface area contributed by atoms with Crippen LogP contribution in [0, 0.1) is 0 Å². The number of hydrogen-bond donors (Lipinski definition) is 2. The Morgan fingerprint density at radius 3 is 3.07 bits per heavy atom. The Balaban J connectivity index is 2.07. The van der Waals surface area contributed by atoms with Crippen LogP contribution in [0.4, 0.5) is 0 Å². The molecule has 1 fully saturated rings. The molecule has 1 aliphatic heterocycles. The van der Waals surface area contributed by atoms with Crippen LogP contribution in [0.25, 0.3) is 0 Å². The monoisotopic (exact) mass is 217 g/mol. The third-order valence-corrected chi connectivity index (χ3v) is 3.40. The number of amides is 1. The highest BCUT2D eigenvalue weighted by Gasteiger charge is 2.08. The minimum absolute atomic E-state index is 0.0609. The van der Waals surface area contributed by atoms with E-state index in [2.05, 4.69) is 10.3 Å². The summed E-state index contributed by atoms with van der Waals surface area (Å²) in [5, 5.41) is 0. The van der Waals surface area contributed by atoms with E-state index < -0.39 is 0 Å². The molecule has 1 rings (SSSR count). The van der Waals surface area contributed by atoms with Gasteiger partial charge in [0.05, 0.1) is 0 Å². The fourth-order valence-corrected chi connectivity index (χ4v) is 2.48. The molecule has 0 unspecified atom stereocenters. The Morgan fingerprint density at radius 1 is 1.43 bits per heavy atom. The van der Waals surface area contributed by atoms with Crippen LogP contribution in [0.3, 0.4) is 0 Å². The van der Waals surface area contributed by atoms with Crippen LogP contribution in [0.2, 0.25) is 0 Å². The van der Waals surface area contributed by atoms with Crippen LogP contribution in [-0.2, 0) is 4.79 Å². The van der Waals surface area contributed by atoms with E-state index in [4.69, 9.17) is 5.84 Å². The summed E-state index contributed by atoms with van der Waals surface area (Å²) in [5.74, 6) is 7.44. The van der Waals surface area contributed by atoms with Gasteiger partial charge in [0.25, 0.3) is 0 Å². The maximum atomic E-state index is 10.9. The molecule has 0 radical (unpaired) electrons. The van der Waals surface area contributed by atoms with Gasteiger partial charge in [0.15, 0.2) is 0 Å². The molecule has 5 heteroatoms. The van der Waals surface area contributed by atoms with E-state index in [0.29, 0.717) is 6.42 Å². The van der Waals surface area contributed by atoms with Crippen LogP contribution < -0.4 is 11.3 Å². The average molecular weight is 217 g/mol. The largest absolute Gasteiger partial charge is 0.302 e. The number of nitrogens with zero attached hydrogens (tertiary/aromatic N) is 1. The molecule has 3 N–H and O–H groups in total. The van der Waals surface area contributed by atoms with Crippen molar-refractivity contribution in [3.05, 3.63) is 0 Å². The SMILES string of the molecule is NNC(=O)CCCN1CCCSCC1. The molecule has 0 aromatic rings. The van der Waals surface area contributed by atoms with Crippen molar-refractivity contribution in [2.75, 3.05) is 31.1 Å². The van der Waals surface area contributed by atoms with Gasteiger partial charge in [0, 0.05) is 18.7 Å². The van der Waals surface area contributed by atoms with Crippen molar-refractivity contribution in [1.29, 1.82) is 0 Å². The highest BCUT2D eigenvalue weighted by molar-refractivity contribution is 7.99.